The fourth-order valence-corrected chi connectivity index (χ4v) is 3.05. The fraction of sp³-hybridized carbons (Fsp3) is 0.533. The lowest BCUT2D eigenvalue weighted by Gasteiger charge is -2.12. The maximum absolute atomic E-state index is 5.95. The summed E-state index contributed by atoms with van der Waals surface area (Å²) in [5, 5.41) is 3.24. The first kappa shape index (κ1) is 11.6. The van der Waals surface area contributed by atoms with Gasteiger partial charge in [0.2, 0.25) is 0 Å². The normalized spacial score (nSPS) is 30.6. The number of nitrogens with one attached hydrogen (secondary N) is 1. The molecule has 3 nitrogen and oxygen atoms in total. The van der Waals surface area contributed by atoms with Crippen LogP contribution in [0.25, 0.3) is 0 Å². The monoisotopic (exact) mass is 243 g/mol. The zero-order chi connectivity index (χ0) is 12.7. The van der Waals surface area contributed by atoms with Crippen molar-refractivity contribution in [2.24, 2.45) is 16.6 Å². The average Bonchev–Trinajstić information content (AvgIpc) is 2.87. The molecule has 96 valence electrons. The minimum atomic E-state index is 0.402. The van der Waals surface area contributed by atoms with E-state index < -0.39 is 0 Å². The van der Waals surface area contributed by atoms with Gasteiger partial charge in [-0.1, -0.05) is 31.2 Å². The third-order valence-electron chi connectivity index (χ3n) is 4.29. The molecule has 0 amide bonds. The topological polar surface area (TPSA) is 50.4 Å². The molecule has 2 aliphatic rings. The summed E-state index contributed by atoms with van der Waals surface area (Å²) in [7, 11) is 0. The van der Waals surface area contributed by atoms with Crippen LogP contribution in [-0.2, 0) is 6.42 Å². The highest BCUT2D eigenvalue weighted by molar-refractivity contribution is 5.78. The third-order valence-corrected chi connectivity index (χ3v) is 4.29. The van der Waals surface area contributed by atoms with Gasteiger partial charge in [0.25, 0.3) is 0 Å². The van der Waals surface area contributed by atoms with Crippen LogP contribution in [0.2, 0.25) is 0 Å². The Balaban J connectivity index is 1.68. The molecule has 1 saturated carbocycles. The first-order valence-electron chi connectivity index (χ1n) is 6.88. The van der Waals surface area contributed by atoms with Gasteiger partial charge >= 0.3 is 0 Å². The molecule has 4 atom stereocenters. The maximum Gasteiger partial charge on any atom is 0.189 e. The molecule has 0 radical (unpaired) electrons. The smallest absolute Gasteiger partial charge is 0.189 e. The lowest BCUT2D eigenvalue weighted by atomic mass is 10.1. The summed E-state index contributed by atoms with van der Waals surface area (Å²) in [6, 6.07) is 9.55. The van der Waals surface area contributed by atoms with Crippen LogP contribution in [0, 0.1) is 5.92 Å². The van der Waals surface area contributed by atoms with Crippen LogP contribution in [0.5, 0.6) is 0 Å². The molecule has 0 spiro atoms. The summed E-state index contributed by atoms with van der Waals surface area (Å²) >= 11 is 0. The predicted molar refractivity (Wildman–Crippen MR) is 74.7 cm³/mol. The minimum Gasteiger partial charge on any atom is -0.370 e. The number of hydrogen-bond donors (Lipinski definition) is 2. The second-order valence-electron chi connectivity index (χ2n) is 5.55. The Morgan fingerprint density at radius 2 is 2.28 bits per heavy atom. The number of benzene rings is 1. The number of guanidine groups is 1. The van der Waals surface area contributed by atoms with Crippen molar-refractivity contribution in [2.45, 2.75) is 44.7 Å². The Morgan fingerprint density at radius 1 is 1.50 bits per heavy atom. The molecule has 2 aliphatic carbocycles. The molecule has 0 bridgehead atoms. The molecular weight excluding hydrogens is 222 g/mol. The summed E-state index contributed by atoms with van der Waals surface area (Å²) in [6.07, 6.45) is 2.24. The van der Waals surface area contributed by atoms with E-state index in [1.165, 1.54) is 17.5 Å². The van der Waals surface area contributed by atoms with Gasteiger partial charge in [0.05, 0.1) is 6.04 Å². The summed E-state index contributed by atoms with van der Waals surface area (Å²) in [5.74, 6) is 1.93. The van der Waals surface area contributed by atoms with Gasteiger partial charge in [-0.2, -0.15) is 0 Å². The highest BCUT2D eigenvalue weighted by Crippen LogP contribution is 2.57. The zero-order valence-electron chi connectivity index (χ0n) is 11.1. The van der Waals surface area contributed by atoms with Crippen molar-refractivity contribution in [1.82, 2.24) is 5.32 Å². The summed E-state index contributed by atoms with van der Waals surface area (Å²) in [6.45, 7) is 4.28. The van der Waals surface area contributed by atoms with Crippen LogP contribution in [-0.4, -0.2) is 18.0 Å². The molecule has 0 aromatic heterocycles. The van der Waals surface area contributed by atoms with E-state index in [0.29, 0.717) is 29.9 Å². The Bertz CT molecular complexity index is 480. The highest BCUT2D eigenvalue weighted by atomic mass is 15.1. The van der Waals surface area contributed by atoms with E-state index in [1.54, 1.807) is 0 Å². The van der Waals surface area contributed by atoms with E-state index >= 15 is 0 Å². The summed E-state index contributed by atoms with van der Waals surface area (Å²) < 4.78 is 0. The van der Waals surface area contributed by atoms with Crippen molar-refractivity contribution in [3.8, 4) is 0 Å². The number of aliphatic imine (C=N–C) groups is 1. The third kappa shape index (κ3) is 1.88. The number of fused-ring (bicyclic) bond motifs is 3. The van der Waals surface area contributed by atoms with Gasteiger partial charge in [-0.25, -0.2) is 4.99 Å². The van der Waals surface area contributed by atoms with E-state index in [9.17, 15) is 0 Å². The quantitative estimate of drug-likeness (QED) is 0.630. The maximum atomic E-state index is 5.95. The lowest BCUT2D eigenvalue weighted by Crippen LogP contribution is -2.38. The van der Waals surface area contributed by atoms with E-state index in [0.717, 1.165) is 6.42 Å². The molecule has 3 rings (SSSR count). The molecule has 0 aliphatic heterocycles. The number of nitrogens with two attached hydrogens (primary N) is 1. The molecule has 0 saturated heterocycles. The Labute approximate surface area is 108 Å². The average molecular weight is 243 g/mol. The van der Waals surface area contributed by atoms with Crippen LogP contribution in [0.4, 0.5) is 0 Å². The lowest BCUT2D eigenvalue weighted by molar-refractivity contribution is 0.634. The van der Waals surface area contributed by atoms with Crippen molar-refractivity contribution in [3.05, 3.63) is 35.4 Å². The second kappa shape index (κ2) is 4.30. The molecule has 1 aromatic rings. The van der Waals surface area contributed by atoms with Crippen LogP contribution in [0.1, 0.15) is 37.3 Å². The van der Waals surface area contributed by atoms with Crippen LogP contribution < -0.4 is 11.1 Å². The summed E-state index contributed by atoms with van der Waals surface area (Å²) in [5.41, 5.74) is 8.95. The minimum absolute atomic E-state index is 0.402. The molecule has 3 N–H and O–H groups in total. The van der Waals surface area contributed by atoms with Crippen LogP contribution >= 0.6 is 0 Å². The van der Waals surface area contributed by atoms with Crippen molar-refractivity contribution in [2.75, 3.05) is 0 Å². The fourth-order valence-electron chi connectivity index (χ4n) is 3.05. The first-order chi connectivity index (χ1) is 8.70. The largest absolute Gasteiger partial charge is 0.370 e. The van der Waals surface area contributed by atoms with Gasteiger partial charge in [0, 0.05) is 12.0 Å². The molecule has 4 unspecified atom stereocenters. The molecule has 18 heavy (non-hydrogen) atoms. The standard InChI is InChI=1S/C15H21N3/c1-3-9(2)17-15(16)18-14-12-8-10-6-4-5-7-11(10)13(12)14/h4-7,9,12-14H,3,8H2,1-2H3,(H3,16,17,18). The highest BCUT2D eigenvalue weighted by Gasteiger charge is 2.55. The summed E-state index contributed by atoms with van der Waals surface area (Å²) in [4.78, 5) is 4.64. The van der Waals surface area contributed by atoms with Crippen LogP contribution in [0.3, 0.4) is 0 Å². The van der Waals surface area contributed by atoms with E-state index in [-0.39, 0.29) is 0 Å². The molecule has 3 heteroatoms. The first-order valence-corrected chi connectivity index (χ1v) is 6.88. The van der Waals surface area contributed by atoms with Crippen LogP contribution in [0.15, 0.2) is 29.3 Å². The molecule has 1 aromatic carbocycles. The zero-order valence-corrected chi connectivity index (χ0v) is 11.1. The van der Waals surface area contributed by atoms with Crippen molar-refractivity contribution in [1.29, 1.82) is 0 Å². The molecule has 1 fully saturated rings. The Hall–Kier alpha value is -1.51. The Morgan fingerprint density at radius 3 is 3.06 bits per heavy atom. The van der Waals surface area contributed by atoms with Gasteiger partial charge in [-0.05, 0) is 36.8 Å². The Kier molecular flexibility index (Phi) is 2.77. The van der Waals surface area contributed by atoms with Gasteiger partial charge in [-0.15, -0.1) is 0 Å². The van der Waals surface area contributed by atoms with E-state index in [1.807, 2.05) is 0 Å². The predicted octanol–water partition coefficient (Wildman–Crippen LogP) is 2.03. The number of hydrogen-bond acceptors (Lipinski definition) is 1. The van der Waals surface area contributed by atoms with Crippen molar-refractivity contribution < 1.29 is 0 Å². The van der Waals surface area contributed by atoms with Crippen molar-refractivity contribution >= 4 is 5.96 Å². The van der Waals surface area contributed by atoms with E-state index in [4.69, 9.17) is 5.73 Å². The number of nitrogens with zero attached hydrogens (tertiary/aromatic N) is 1. The second-order valence-corrected chi connectivity index (χ2v) is 5.55. The van der Waals surface area contributed by atoms with Gasteiger partial charge in [0.1, 0.15) is 0 Å². The SMILES string of the molecule is CCC(C)NC(N)=NC1C2Cc3ccccc3C21. The van der Waals surface area contributed by atoms with Gasteiger partial charge in [-0.3, -0.25) is 0 Å². The molecule has 0 heterocycles. The van der Waals surface area contributed by atoms with Gasteiger partial charge in [0.15, 0.2) is 5.96 Å². The molecular formula is C15H21N3. The number of rotatable bonds is 3. The van der Waals surface area contributed by atoms with E-state index in [2.05, 4.69) is 48.4 Å². The van der Waals surface area contributed by atoms with Gasteiger partial charge < -0.3 is 11.1 Å². The van der Waals surface area contributed by atoms with Crippen molar-refractivity contribution in [3.63, 3.8) is 0 Å².